The lowest BCUT2D eigenvalue weighted by Gasteiger charge is -2.07. The van der Waals surface area contributed by atoms with E-state index in [-0.39, 0.29) is 5.92 Å². The molecule has 1 heterocycles. The van der Waals surface area contributed by atoms with Gasteiger partial charge in [0.15, 0.2) is 0 Å². The molecular weight excluding hydrogens is 178 g/mol. The van der Waals surface area contributed by atoms with Crippen molar-refractivity contribution in [1.29, 1.82) is 0 Å². The summed E-state index contributed by atoms with van der Waals surface area (Å²) in [4.78, 5) is 8.31. The van der Waals surface area contributed by atoms with Crippen LogP contribution in [0.4, 0.5) is 5.82 Å². The van der Waals surface area contributed by atoms with Crippen molar-refractivity contribution in [3.05, 3.63) is 24.5 Å². The quantitative estimate of drug-likeness (QED) is 0.740. The summed E-state index contributed by atoms with van der Waals surface area (Å²) in [6.07, 6.45) is 1.66. The molecule has 0 bridgehead atoms. The third kappa shape index (κ3) is 2.73. The van der Waals surface area contributed by atoms with Crippen molar-refractivity contribution in [2.24, 2.45) is 0 Å². The minimum absolute atomic E-state index is 0.240. The Balaban J connectivity index is 2.89. The number of rotatable bonds is 4. The van der Waals surface area contributed by atoms with Crippen LogP contribution in [0.15, 0.2) is 18.7 Å². The van der Waals surface area contributed by atoms with Crippen molar-refractivity contribution in [2.45, 2.75) is 19.8 Å². The Labute approximate surface area is 83.8 Å². The fourth-order valence-corrected chi connectivity index (χ4v) is 0.938. The van der Waals surface area contributed by atoms with Crippen molar-refractivity contribution in [1.82, 2.24) is 9.97 Å². The highest BCUT2D eigenvalue weighted by molar-refractivity contribution is 5.33. The topological polar surface area (TPSA) is 61.0 Å². The summed E-state index contributed by atoms with van der Waals surface area (Å²) in [5.74, 6) is 1.87. The first kappa shape index (κ1) is 10.5. The van der Waals surface area contributed by atoms with E-state index >= 15 is 0 Å². The second-order valence-electron chi connectivity index (χ2n) is 3.24. The minimum Gasteiger partial charge on any atom is -0.473 e. The number of aromatic nitrogens is 2. The Kier molecular flexibility index (Phi) is 3.45. The smallest absolute Gasteiger partial charge is 0.219 e. The molecule has 76 valence electrons. The number of nitrogen functional groups attached to an aromatic ring is 1. The summed E-state index contributed by atoms with van der Waals surface area (Å²) in [5, 5.41) is 0. The predicted molar refractivity (Wildman–Crippen MR) is 56.2 cm³/mol. The summed E-state index contributed by atoms with van der Waals surface area (Å²) < 4.78 is 5.28. The van der Waals surface area contributed by atoms with E-state index in [0.29, 0.717) is 24.1 Å². The van der Waals surface area contributed by atoms with Crippen molar-refractivity contribution in [3.63, 3.8) is 0 Å². The van der Waals surface area contributed by atoms with Crippen LogP contribution in [0.2, 0.25) is 0 Å². The van der Waals surface area contributed by atoms with Crippen LogP contribution in [-0.2, 0) is 0 Å². The average molecular weight is 193 g/mol. The van der Waals surface area contributed by atoms with E-state index in [1.165, 1.54) is 0 Å². The van der Waals surface area contributed by atoms with Gasteiger partial charge in [0.1, 0.15) is 18.2 Å². The van der Waals surface area contributed by atoms with Crippen LogP contribution in [0.1, 0.15) is 25.6 Å². The standard InChI is InChI=1S/C10H15N3O/c1-4-5-14-9-6-8(11)12-10(13-9)7(2)3/h4,6-7H,1,5H2,2-3H3,(H2,11,12,13). The lowest BCUT2D eigenvalue weighted by atomic mass is 10.2. The predicted octanol–water partition coefficient (Wildman–Crippen LogP) is 1.75. The van der Waals surface area contributed by atoms with Crippen LogP contribution >= 0.6 is 0 Å². The van der Waals surface area contributed by atoms with Crippen LogP contribution in [0, 0.1) is 0 Å². The van der Waals surface area contributed by atoms with Gasteiger partial charge in [0.2, 0.25) is 5.88 Å². The van der Waals surface area contributed by atoms with Crippen LogP contribution in [-0.4, -0.2) is 16.6 Å². The Morgan fingerprint density at radius 1 is 1.57 bits per heavy atom. The van der Waals surface area contributed by atoms with Crippen molar-refractivity contribution in [3.8, 4) is 5.88 Å². The molecule has 0 atom stereocenters. The van der Waals surface area contributed by atoms with Gasteiger partial charge >= 0.3 is 0 Å². The lowest BCUT2D eigenvalue weighted by molar-refractivity contribution is 0.346. The van der Waals surface area contributed by atoms with E-state index in [1.807, 2.05) is 13.8 Å². The van der Waals surface area contributed by atoms with E-state index in [2.05, 4.69) is 16.5 Å². The molecule has 1 aromatic rings. The molecule has 0 aliphatic rings. The van der Waals surface area contributed by atoms with Crippen molar-refractivity contribution < 1.29 is 4.74 Å². The van der Waals surface area contributed by atoms with E-state index < -0.39 is 0 Å². The number of nitrogens with two attached hydrogens (primary N) is 1. The van der Waals surface area contributed by atoms with Gasteiger partial charge in [-0.05, 0) is 0 Å². The normalized spacial score (nSPS) is 10.2. The molecular formula is C10H15N3O. The van der Waals surface area contributed by atoms with Gasteiger partial charge in [0.25, 0.3) is 0 Å². The molecule has 0 saturated carbocycles. The second kappa shape index (κ2) is 4.60. The molecule has 0 saturated heterocycles. The van der Waals surface area contributed by atoms with Gasteiger partial charge in [-0.3, -0.25) is 0 Å². The van der Waals surface area contributed by atoms with E-state index in [9.17, 15) is 0 Å². The highest BCUT2D eigenvalue weighted by Gasteiger charge is 2.06. The molecule has 0 aliphatic carbocycles. The molecule has 4 heteroatoms. The van der Waals surface area contributed by atoms with Crippen LogP contribution in [0.3, 0.4) is 0 Å². The number of ether oxygens (including phenoxy) is 1. The zero-order valence-electron chi connectivity index (χ0n) is 8.53. The zero-order valence-corrected chi connectivity index (χ0v) is 8.53. The number of hydrogen-bond donors (Lipinski definition) is 1. The minimum atomic E-state index is 0.240. The first-order chi connectivity index (χ1) is 6.63. The molecule has 1 aromatic heterocycles. The fourth-order valence-electron chi connectivity index (χ4n) is 0.938. The average Bonchev–Trinajstić information content (AvgIpc) is 2.14. The first-order valence-corrected chi connectivity index (χ1v) is 4.51. The van der Waals surface area contributed by atoms with Crippen molar-refractivity contribution in [2.75, 3.05) is 12.3 Å². The molecule has 0 fully saturated rings. The Morgan fingerprint density at radius 3 is 2.86 bits per heavy atom. The molecule has 0 aromatic carbocycles. The molecule has 4 nitrogen and oxygen atoms in total. The molecule has 0 radical (unpaired) electrons. The van der Waals surface area contributed by atoms with Gasteiger partial charge < -0.3 is 10.5 Å². The Morgan fingerprint density at radius 2 is 2.29 bits per heavy atom. The summed E-state index contributed by atoms with van der Waals surface area (Å²) in [6, 6.07) is 1.61. The zero-order chi connectivity index (χ0) is 10.6. The van der Waals surface area contributed by atoms with Gasteiger partial charge in [0.05, 0.1) is 0 Å². The highest BCUT2D eigenvalue weighted by atomic mass is 16.5. The Hall–Kier alpha value is -1.58. The third-order valence-corrected chi connectivity index (χ3v) is 1.61. The SMILES string of the molecule is C=CCOc1cc(N)nc(C(C)C)n1. The molecule has 0 unspecified atom stereocenters. The third-order valence-electron chi connectivity index (χ3n) is 1.61. The molecule has 2 N–H and O–H groups in total. The van der Waals surface area contributed by atoms with Crippen LogP contribution < -0.4 is 10.5 Å². The van der Waals surface area contributed by atoms with Gasteiger partial charge in [-0.25, -0.2) is 4.98 Å². The summed E-state index contributed by atoms with van der Waals surface area (Å²) in [6.45, 7) is 7.99. The number of hydrogen-bond acceptors (Lipinski definition) is 4. The van der Waals surface area contributed by atoms with Crippen LogP contribution in [0.25, 0.3) is 0 Å². The molecule has 14 heavy (non-hydrogen) atoms. The second-order valence-corrected chi connectivity index (χ2v) is 3.24. The fraction of sp³-hybridized carbons (Fsp3) is 0.400. The Bertz CT molecular complexity index is 323. The van der Waals surface area contributed by atoms with Gasteiger partial charge in [-0.2, -0.15) is 4.98 Å². The van der Waals surface area contributed by atoms with E-state index in [4.69, 9.17) is 10.5 Å². The summed E-state index contributed by atoms with van der Waals surface area (Å²) in [7, 11) is 0. The van der Waals surface area contributed by atoms with Crippen LogP contribution in [0.5, 0.6) is 5.88 Å². The largest absolute Gasteiger partial charge is 0.473 e. The molecule has 0 amide bonds. The molecule has 0 spiro atoms. The maximum absolute atomic E-state index is 5.61. The maximum Gasteiger partial charge on any atom is 0.219 e. The summed E-state index contributed by atoms with van der Waals surface area (Å²) in [5.41, 5.74) is 5.61. The van der Waals surface area contributed by atoms with Gasteiger partial charge in [-0.1, -0.05) is 26.5 Å². The number of nitrogens with zero attached hydrogens (tertiary/aromatic N) is 2. The summed E-state index contributed by atoms with van der Waals surface area (Å²) >= 11 is 0. The first-order valence-electron chi connectivity index (χ1n) is 4.51. The van der Waals surface area contributed by atoms with E-state index in [1.54, 1.807) is 12.1 Å². The number of anilines is 1. The molecule has 1 rings (SSSR count). The van der Waals surface area contributed by atoms with Gasteiger partial charge in [-0.15, -0.1) is 0 Å². The van der Waals surface area contributed by atoms with E-state index in [0.717, 1.165) is 0 Å². The lowest BCUT2D eigenvalue weighted by Crippen LogP contribution is -2.04. The molecule has 0 aliphatic heterocycles. The monoisotopic (exact) mass is 193 g/mol. The van der Waals surface area contributed by atoms with Crippen molar-refractivity contribution >= 4 is 5.82 Å². The van der Waals surface area contributed by atoms with Gasteiger partial charge in [0, 0.05) is 12.0 Å². The maximum atomic E-state index is 5.61. The highest BCUT2D eigenvalue weighted by Crippen LogP contribution is 2.16.